The summed E-state index contributed by atoms with van der Waals surface area (Å²) in [5.74, 6) is -0.366. The molecule has 0 bridgehead atoms. The molecular formula is C16H14F3N3OS. The number of benzene rings is 1. The number of hydrogen-bond donors (Lipinski definition) is 1. The van der Waals surface area contributed by atoms with Crippen LogP contribution in [0.5, 0.6) is 0 Å². The van der Waals surface area contributed by atoms with Gasteiger partial charge in [0.25, 0.3) is 0 Å². The molecule has 3 rings (SSSR count). The van der Waals surface area contributed by atoms with Crippen LogP contribution in [0, 0.1) is 0 Å². The molecule has 4 nitrogen and oxygen atoms in total. The summed E-state index contributed by atoms with van der Waals surface area (Å²) < 4.78 is 39.4. The quantitative estimate of drug-likeness (QED) is 0.672. The fourth-order valence-electron chi connectivity index (χ4n) is 2.56. The second-order valence-electron chi connectivity index (χ2n) is 5.33. The molecule has 2 aromatic rings. The van der Waals surface area contributed by atoms with Gasteiger partial charge >= 0.3 is 6.18 Å². The highest BCUT2D eigenvalue weighted by atomic mass is 32.2. The number of rotatable bonds is 4. The Morgan fingerprint density at radius 1 is 1.17 bits per heavy atom. The van der Waals surface area contributed by atoms with Crippen molar-refractivity contribution in [3.8, 4) is 0 Å². The van der Waals surface area contributed by atoms with E-state index in [2.05, 4.69) is 15.3 Å². The molecule has 0 fully saturated rings. The summed E-state index contributed by atoms with van der Waals surface area (Å²) in [7, 11) is 0. The Morgan fingerprint density at radius 2 is 1.92 bits per heavy atom. The maximum Gasteiger partial charge on any atom is 0.433 e. The zero-order valence-corrected chi connectivity index (χ0v) is 13.4. The van der Waals surface area contributed by atoms with E-state index in [1.54, 1.807) is 24.3 Å². The van der Waals surface area contributed by atoms with Gasteiger partial charge in [0.2, 0.25) is 5.91 Å². The average Bonchev–Trinajstić information content (AvgIpc) is 3.00. The van der Waals surface area contributed by atoms with Gasteiger partial charge in [-0.25, -0.2) is 9.97 Å². The lowest BCUT2D eigenvalue weighted by molar-refractivity contribution is -0.142. The van der Waals surface area contributed by atoms with Crippen LogP contribution in [-0.4, -0.2) is 21.6 Å². The van der Waals surface area contributed by atoms with Crippen molar-refractivity contribution in [1.29, 1.82) is 0 Å². The number of nitrogens with one attached hydrogen (secondary N) is 1. The number of carbonyl (C=O) groups is 1. The molecule has 0 aliphatic heterocycles. The maximum absolute atomic E-state index is 13.1. The molecule has 0 saturated carbocycles. The molecule has 8 heteroatoms. The number of carbonyl (C=O) groups excluding carboxylic acids is 1. The van der Waals surface area contributed by atoms with Crippen molar-refractivity contribution in [3.05, 3.63) is 47.3 Å². The number of para-hydroxylation sites is 1. The van der Waals surface area contributed by atoms with Gasteiger partial charge in [-0.05, 0) is 31.4 Å². The number of aryl methyl sites for hydroxylation is 1. The van der Waals surface area contributed by atoms with E-state index >= 15 is 0 Å². The smallest absolute Gasteiger partial charge is 0.325 e. The number of nitrogens with zero attached hydrogens (tertiary/aromatic N) is 2. The number of fused-ring (bicyclic) bond motifs is 1. The molecule has 0 saturated heterocycles. The monoisotopic (exact) mass is 353 g/mol. The first-order chi connectivity index (χ1) is 11.4. The molecule has 0 unspecified atom stereocenters. The largest absolute Gasteiger partial charge is 0.433 e. The Bertz CT molecular complexity index is 750. The van der Waals surface area contributed by atoms with Crippen molar-refractivity contribution >= 4 is 23.4 Å². The fraction of sp³-hybridized carbons (Fsp3) is 0.312. The van der Waals surface area contributed by atoms with Crippen molar-refractivity contribution in [1.82, 2.24) is 9.97 Å². The van der Waals surface area contributed by atoms with Crippen molar-refractivity contribution in [2.24, 2.45) is 0 Å². The summed E-state index contributed by atoms with van der Waals surface area (Å²) in [5.41, 5.74) is 0.411. The summed E-state index contributed by atoms with van der Waals surface area (Å²) in [4.78, 5) is 19.7. The highest BCUT2D eigenvalue weighted by Gasteiger charge is 2.38. The summed E-state index contributed by atoms with van der Waals surface area (Å²) in [6, 6.07) is 8.85. The molecule has 24 heavy (non-hydrogen) atoms. The van der Waals surface area contributed by atoms with E-state index in [4.69, 9.17) is 0 Å². The van der Waals surface area contributed by atoms with E-state index in [-0.39, 0.29) is 22.4 Å². The third-order valence-corrected chi connectivity index (χ3v) is 4.42. The number of amides is 1. The standard InChI is InChI=1S/C16H14F3N3OS/c17-16(18,19)14-11-7-4-8-12(11)21-15(22-14)24-9-13(23)20-10-5-2-1-3-6-10/h1-3,5-6H,4,7-9H2,(H,20,23). The number of alkyl halides is 3. The number of aromatic nitrogens is 2. The zero-order valence-electron chi connectivity index (χ0n) is 12.6. The fourth-order valence-corrected chi connectivity index (χ4v) is 3.22. The minimum Gasteiger partial charge on any atom is -0.325 e. The lowest BCUT2D eigenvalue weighted by Crippen LogP contribution is -2.16. The van der Waals surface area contributed by atoms with Crippen LogP contribution in [0.2, 0.25) is 0 Å². The summed E-state index contributed by atoms with van der Waals surface area (Å²) in [6.07, 6.45) is -2.98. The lowest BCUT2D eigenvalue weighted by Gasteiger charge is -2.12. The van der Waals surface area contributed by atoms with Gasteiger partial charge in [0.15, 0.2) is 10.9 Å². The van der Waals surface area contributed by atoms with Crippen LogP contribution in [0.3, 0.4) is 0 Å². The topological polar surface area (TPSA) is 54.9 Å². The van der Waals surface area contributed by atoms with Crippen molar-refractivity contribution in [3.63, 3.8) is 0 Å². The van der Waals surface area contributed by atoms with Gasteiger partial charge in [-0.1, -0.05) is 30.0 Å². The van der Waals surface area contributed by atoms with Crippen molar-refractivity contribution in [2.45, 2.75) is 30.6 Å². The molecule has 1 aromatic carbocycles. The molecule has 0 radical (unpaired) electrons. The van der Waals surface area contributed by atoms with E-state index in [0.717, 1.165) is 11.8 Å². The van der Waals surface area contributed by atoms with Gasteiger partial charge in [-0.3, -0.25) is 4.79 Å². The Kier molecular flexibility index (Phi) is 4.75. The first-order valence-corrected chi connectivity index (χ1v) is 8.37. The second-order valence-corrected chi connectivity index (χ2v) is 6.28. The number of anilines is 1. The third kappa shape index (κ3) is 3.87. The highest BCUT2D eigenvalue weighted by Crippen LogP contribution is 2.36. The molecule has 1 aromatic heterocycles. The van der Waals surface area contributed by atoms with Crippen LogP contribution < -0.4 is 5.32 Å². The van der Waals surface area contributed by atoms with Crippen LogP contribution in [0.25, 0.3) is 0 Å². The molecule has 1 N–H and O–H groups in total. The van der Waals surface area contributed by atoms with E-state index in [1.807, 2.05) is 6.07 Å². The van der Waals surface area contributed by atoms with Crippen LogP contribution in [0.15, 0.2) is 35.5 Å². The van der Waals surface area contributed by atoms with E-state index < -0.39 is 11.9 Å². The van der Waals surface area contributed by atoms with Gasteiger partial charge in [-0.2, -0.15) is 13.2 Å². The first kappa shape index (κ1) is 16.8. The molecule has 1 aliphatic rings. The van der Waals surface area contributed by atoms with E-state index in [1.165, 1.54) is 0 Å². The van der Waals surface area contributed by atoms with Crippen molar-refractivity contribution < 1.29 is 18.0 Å². The molecule has 1 amide bonds. The molecule has 1 aliphatic carbocycles. The maximum atomic E-state index is 13.1. The highest BCUT2D eigenvalue weighted by molar-refractivity contribution is 7.99. The van der Waals surface area contributed by atoms with Crippen LogP contribution >= 0.6 is 11.8 Å². The lowest BCUT2D eigenvalue weighted by atomic mass is 10.2. The number of hydrogen-bond acceptors (Lipinski definition) is 4. The van der Waals surface area contributed by atoms with Gasteiger partial charge in [0, 0.05) is 16.9 Å². The summed E-state index contributed by atoms with van der Waals surface area (Å²) in [5, 5.41) is 2.66. The van der Waals surface area contributed by atoms with Crippen molar-refractivity contribution in [2.75, 3.05) is 11.1 Å². The number of thioether (sulfide) groups is 1. The van der Waals surface area contributed by atoms with Crippen LogP contribution in [0.1, 0.15) is 23.4 Å². The predicted molar refractivity (Wildman–Crippen MR) is 84.9 cm³/mol. The van der Waals surface area contributed by atoms with Gasteiger partial charge < -0.3 is 5.32 Å². The molecule has 1 heterocycles. The van der Waals surface area contributed by atoms with Crippen LogP contribution in [-0.2, 0) is 23.8 Å². The molecule has 126 valence electrons. The Balaban J connectivity index is 1.70. The van der Waals surface area contributed by atoms with Gasteiger partial charge in [-0.15, -0.1) is 0 Å². The number of halogens is 3. The molecule has 0 spiro atoms. The van der Waals surface area contributed by atoms with Gasteiger partial charge in [0.1, 0.15) is 0 Å². The first-order valence-electron chi connectivity index (χ1n) is 7.38. The van der Waals surface area contributed by atoms with Gasteiger partial charge in [0.05, 0.1) is 5.75 Å². The summed E-state index contributed by atoms with van der Waals surface area (Å²) in [6.45, 7) is 0. The minimum absolute atomic E-state index is 0.00816. The molecule has 0 atom stereocenters. The van der Waals surface area contributed by atoms with E-state index in [0.29, 0.717) is 30.6 Å². The average molecular weight is 353 g/mol. The second kappa shape index (κ2) is 6.80. The molecular weight excluding hydrogens is 339 g/mol. The summed E-state index contributed by atoms with van der Waals surface area (Å²) >= 11 is 0.910. The minimum atomic E-state index is -4.50. The Hall–Kier alpha value is -2.09. The normalized spacial score (nSPS) is 13.6. The van der Waals surface area contributed by atoms with E-state index in [9.17, 15) is 18.0 Å². The predicted octanol–water partition coefficient (Wildman–Crippen LogP) is 3.71. The zero-order chi connectivity index (χ0) is 17.2. The SMILES string of the molecule is O=C(CSc1nc2c(c(C(F)(F)F)n1)CCC2)Nc1ccccc1. The Labute approximate surface area is 140 Å². The Morgan fingerprint density at radius 3 is 2.62 bits per heavy atom. The van der Waals surface area contributed by atoms with Crippen LogP contribution in [0.4, 0.5) is 18.9 Å². The third-order valence-electron chi connectivity index (χ3n) is 3.57.